The normalized spacial score (nSPS) is 22.2. The quantitative estimate of drug-likeness (QED) is 0.822. The summed E-state index contributed by atoms with van der Waals surface area (Å²) in [5.41, 5.74) is 1.38. The molecule has 1 saturated heterocycles. The van der Waals surface area contributed by atoms with E-state index in [1.54, 1.807) is 0 Å². The summed E-state index contributed by atoms with van der Waals surface area (Å²) in [5, 5.41) is 3.60. The van der Waals surface area contributed by atoms with Crippen molar-refractivity contribution in [1.29, 1.82) is 0 Å². The van der Waals surface area contributed by atoms with Crippen molar-refractivity contribution in [3.05, 3.63) is 35.9 Å². The molecule has 16 heavy (non-hydrogen) atoms. The van der Waals surface area contributed by atoms with Crippen molar-refractivity contribution in [2.45, 2.75) is 38.3 Å². The van der Waals surface area contributed by atoms with Crippen LogP contribution in [0.4, 0.5) is 0 Å². The molecule has 2 nitrogen and oxygen atoms in total. The molecule has 1 aliphatic heterocycles. The fourth-order valence-corrected chi connectivity index (χ4v) is 2.26. The van der Waals surface area contributed by atoms with Gasteiger partial charge in [-0.3, -0.25) is 0 Å². The second-order valence-electron chi connectivity index (χ2n) is 4.41. The van der Waals surface area contributed by atoms with Crippen LogP contribution in [-0.4, -0.2) is 19.3 Å². The molecule has 1 heterocycles. The van der Waals surface area contributed by atoms with E-state index in [1.807, 2.05) is 0 Å². The van der Waals surface area contributed by atoms with Crippen molar-refractivity contribution in [2.75, 3.05) is 13.2 Å². The Morgan fingerprint density at radius 2 is 2.19 bits per heavy atom. The lowest BCUT2D eigenvalue weighted by atomic mass is 10.0. The van der Waals surface area contributed by atoms with E-state index in [2.05, 4.69) is 42.6 Å². The average Bonchev–Trinajstić information content (AvgIpc) is 2.84. The van der Waals surface area contributed by atoms with E-state index in [-0.39, 0.29) is 0 Å². The van der Waals surface area contributed by atoms with Crippen LogP contribution in [0.5, 0.6) is 0 Å². The molecule has 0 spiro atoms. The number of ether oxygens (including phenoxy) is 1. The number of rotatable bonds is 5. The minimum Gasteiger partial charge on any atom is -0.377 e. The monoisotopic (exact) mass is 219 g/mol. The van der Waals surface area contributed by atoms with Crippen LogP contribution in [0.25, 0.3) is 0 Å². The lowest BCUT2D eigenvalue weighted by Gasteiger charge is -2.19. The summed E-state index contributed by atoms with van der Waals surface area (Å²) in [5.74, 6) is 0. The summed E-state index contributed by atoms with van der Waals surface area (Å²) in [6, 6.07) is 11.1. The van der Waals surface area contributed by atoms with Crippen LogP contribution in [0.1, 0.15) is 37.8 Å². The molecular formula is C14H21NO. The first-order chi connectivity index (χ1) is 7.90. The maximum Gasteiger partial charge on any atom is 0.0700 e. The van der Waals surface area contributed by atoms with E-state index in [9.17, 15) is 0 Å². The molecule has 2 heteroatoms. The minimum absolute atomic E-state index is 0.428. The summed E-state index contributed by atoms with van der Waals surface area (Å²) in [4.78, 5) is 0. The summed E-state index contributed by atoms with van der Waals surface area (Å²) < 4.78 is 5.62. The van der Waals surface area contributed by atoms with E-state index in [1.165, 1.54) is 18.4 Å². The number of hydrogen-bond acceptors (Lipinski definition) is 2. The molecule has 0 radical (unpaired) electrons. The van der Waals surface area contributed by atoms with Crippen molar-refractivity contribution in [3.63, 3.8) is 0 Å². The van der Waals surface area contributed by atoms with Gasteiger partial charge in [-0.25, -0.2) is 0 Å². The van der Waals surface area contributed by atoms with E-state index in [4.69, 9.17) is 4.74 Å². The highest BCUT2D eigenvalue weighted by Crippen LogP contribution is 2.17. The van der Waals surface area contributed by atoms with E-state index >= 15 is 0 Å². The number of nitrogens with one attached hydrogen (secondary N) is 1. The van der Waals surface area contributed by atoms with Gasteiger partial charge in [0.2, 0.25) is 0 Å². The van der Waals surface area contributed by atoms with Crippen LogP contribution in [-0.2, 0) is 4.74 Å². The summed E-state index contributed by atoms with van der Waals surface area (Å²) in [6.07, 6.45) is 3.97. The molecule has 0 aliphatic carbocycles. The standard InChI is InChI=1S/C14H21NO/c1-2-14(12-7-4-3-5-8-12)15-11-13-9-6-10-16-13/h3-5,7-8,13-15H,2,6,9-11H2,1H3. The Kier molecular flexibility index (Phi) is 4.37. The summed E-state index contributed by atoms with van der Waals surface area (Å²) in [6.45, 7) is 4.14. The third-order valence-electron chi connectivity index (χ3n) is 3.23. The zero-order valence-corrected chi connectivity index (χ0v) is 9.99. The van der Waals surface area contributed by atoms with Crippen LogP contribution in [0.15, 0.2) is 30.3 Å². The summed E-state index contributed by atoms with van der Waals surface area (Å²) in [7, 11) is 0. The van der Waals surface area contributed by atoms with Crippen LogP contribution in [0.2, 0.25) is 0 Å². The van der Waals surface area contributed by atoms with Crippen molar-refractivity contribution in [2.24, 2.45) is 0 Å². The van der Waals surface area contributed by atoms with Gasteiger partial charge >= 0.3 is 0 Å². The third kappa shape index (κ3) is 3.06. The maximum absolute atomic E-state index is 5.62. The lowest BCUT2D eigenvalue weighted by Crippen LogP contribution is -2.29. The molecular weight excluding hydrogens is 198 g/mol. The fourth-order valence-electron chi connectivity index (χ4n) is 2.26. The Morgan fingerprint density at radius 3 is 2.81 bits per heavy atom. The van der Waals surface area contributed by atoms with Crippen molar-refractivity contribution in [3.8, 4) is 0 Å². The molecule has 1 N–H and O–H groups in total. The Hall–Kier alpha value is -0.860. The highest BCUT2D eigenvalue weighted by molar-refractivity contribution is 5.18. The van der Waals surface area contributed by atoms with Gasteiger partial charge in [-0.2, -0.15) is 0 Å². The number of benzene rings is 1. The Morgan fingerprint density at radius 1 is 1.38 bits per heavy atom. The van der Waals surface area contributed by atoms with Crippen molar-refractivity contribution < 1.29 is 4.74 Å². The molecule has 2 rings (SSSR count). The van der Waals surface area contributed by atoms with Gasteiger partial charge in [0.15, 0.2) is 0 Å². The minimum atomic E-state index is 0.428. The zero-order valence-electron chi connectivity index (χ0n) is 9.99. The molecule has 0 saturated carbocycles. The SMILES string of the molecule is CCC(NCC1CCCO1)c1ccccc1. The molecule has 0 amide bonds. The Balaban J connectivity index is 1.85. The first-order valence-corrected chi connectivity index (χ1v) is 6.30. The van der Waals surface area contributed by atoms with Crippen LogP contribution in [0.3, 0.4) is 0 Å². The zero-order chi connectivity index (χ0) is 11.2. The van der Waals surface area contributed by atoms with E-state index in [0.29, 0.717) is 12.1 Å². The Labute approximate surface area is 98.0 Å². The fraction of sp³-hybridized carbons (Fsp3) is 0.571. The first kappa shape index (κ1) is 11.6. The van der Waals surface area contributed by atoms with Gasteiger partial charge in [-0.15, -0.1) is 0 Å². The second-order valence-corrected chi connectivity index (χ2v) is 4.41. The smallest absolute Gasteiger partial charge is 0.0700 e. The molecule has 0 bridgehead atoms. The van der Waals surface area contributed by atoms with Gasteiger partial charge in [0.1, 0.15) is 0 Å². The molecule has 2 atom stereocenters. The van der Waals surface area contributed by atoms with Gasteiger partial charge in [0.05, 0.1) is 6.10 Å². The topological polar surface area (TPSA) is 21.3 Å². The van der Waals surface area contributed by atoms with E-state index < -0.39 is 0 Å². The lowest BCUT2D eigenvalue weighted by molar-refractivity contribution is 0.107. The second kappa shape index (κ2) is 6.02. The number of hydrogen-bond donors (Lipinski definition) is 1. The predicted molar refractivity (Wildman–Crippen MR) is 66.5 cm³/mol. The van der Waals surface area contributed by atoms with Gasteiger partial charge in [0, 0.05) is 19.2 Å². The summed E-state index contributed by atoms with van der Waals surface area (Å²) >= 11 is 0. The van der Waals surface area contributed by atoms with Crippen molar-refractivity contribution in [1.82, 2.24) is 5.32 Å². The molecule has 1 aliphatic rings. The van der Waals surface area contributed by atoms with Crippen molar-refractivity contribution >= 4 is 0 Å². The Bertz CT molecular complexity index is 293. The average molecular weight is 219 g/mol. The molecule has 2 unspecified atom stereocenters. The highest BCUT2D eigenvalue weighted by atomic mass is 16.5. The predicted octanol–water partition coefficient (Wildman–Crippen LogP) is 2.91. The molecule has 1 aromatic carbocycles. The largest absolute Gasteiger partial charge is 0.377 e. The van der Waals surface area contributed by atoms with E-state index in [0.717, 1.165) is 19.6 Å². The van der Waals surface area contributed by atoms with Gasteiger partial charge in [0.25, 0.3) is 0 Å². The molecule has 1 fully saturated rings. The molecule has 0 aromatic heterocycles. The van der Waals surface area contributed by atoms with Crippen LogP contribution < -0.4 is 5.32 Å². The van der Waals surface area contributed by atoms with Crippen LogP contribution in [0, 0.1) is 0 Å². The first-order valence-electron chi connectivity index (χ1n) is 6.30. The highest BCUT2D eigenvalue weighted by Gasteiger charge is 2.17. The molecule has 1 aromatic rings. The van der Waals surface area contributed by atoms with Gasteiger partial charge in [-0.1, -0.05) is 37.3 Å². The van der Waals surface area contributed by atoms with Gasteiger partial charge < -0.3 is 10.1 Å². The maximum atomic E-state index is 5.62. The third-order valence-corrected chi connectivity index (χ3v) is 3.23. The molecule has 88 valence electrons. The van der Waals surface area contributed by atoms with Crippen LogP contribution >= 0.6 is 0 Å². The van der Waals surface area contributed by atoms with Gasteiger partial charge in [-0.05, 0) is 24.8 Å².